The molecule has 18 heavy (non-hydrogen) atoms. The number of nitrogens with zero attached hydrogens (tertiary/aromatic N) is 1. The van der Waals surface area contributed by atoms with Gasteiger partial charge in [-0.2, -0.15) is 8.78 Å². The van der Waals surface area contributed by atoms with Gasteiger partial charge in [-0.25, -0.2) is 4.79 Å². The molecule has 0 saturated carbocycles. The van der Waals surface area contributed by atoms with E-state index in [0.29, 0.717) is 10.9 Å². The average Bonchev–Trinajstić information content (AvgIpc) is 2.32. The molecule has 0 saturated heterocycles. The van der Waals surface area contributed by atoms with Crippen molar-refractivity contribution in [3.05, 3.63) is 41.0 Å². The zero-order valence-electron chi connectivity index (χ0n) is 9.03. The average molecular weight is 272 g/mol. The number of carboxylic acids is 1. The summed E-state index contributed by atoms with van der Waals surface area (Å²) in [5, 5.41) is 9.17. The van der Waals surface area contributed by atoms with Crippen molar-refractivity contribution in [2.45, 2.75) is 12.3 Å². The van der Waals surface area contributed by atoms with Gasteiger partial charge in [0.2, 0.25) is 0 Å². The fourth-order valence-corrected chi connectivity index (χ4v) is 1.87. The number of alkyl halides is 2. The lowest BCUT2D eigenvalue weighted by atomic mass is 10.0. The third-order valence-electron chi connectivity index (χ3n) is 2.53. The first-order chi connectivity index (χ1) is 8.42. The molecule has 2 rings (SSSR count). The van der Waals surface area contributed by atoms with Crippen LogP contribution < -0.4 is 0 Å². The molecule has 2 aromatic rings. The van der Waals surface area contributed by atoms with Crippen molar-refractivity contribution in [2.24, 2.45) is 0 Å². The van der Waals surface area contributed by atoms with E-state index < -0.39 is 18.3 Å². The first-order valence-electron chi connectivity index (χ1n) is 5.05. The molecule has 3 nitrogen and oxygen atoms in total. The SMILES string of the molecule is O=C(O)C(F)(F)Cc1c(Cl)ccc2cccnc12. The minimum absolute atomic E-state index is 0.0437. The van der Waals surface area contributed by atoms with Crippen LogP contribution in [0.1, 0.15) is 5.56 Å². The highest BCUT2D eigenvalue weighted by Crippen LogP contribution is 2.30. The van der Waals surface area contributed by atoms with Crippen LogP contribution in [0.15, 0.2) is 30.5 Å². The van der Waals surface area contributed by atoms with Crippen molar-refractivity contribution < 1.29 is 18.7 Å². The largest absolute Gasteiger partial charge is 0.477 e. The minimum Gasteiger partial charge on any atom is -0.477 e. The molecule has 0 fully saturated rings. The molecule has 1 aromatic carbocycles. The molecule has 0 amide bonds. The van der Waals surface area contributed by atoms with Gasteiger partial charge in [-0.05, 0) is 12.1 Å². The molecule has 0 aliphatic rings. The van der Waals surface area contributed by atoms with Crippen LogP contribution in [0.4, 0.5) is 8.78 Å². The number of benzene rings is 1. The van der Waals surface area contributed by atoms with Crippen LogP contribution in [-0.2, 0) is 11.2 Å². The Morgan fingerprint density at radius 2 is 2.11 bits per heavy atom. The second-order valence-corrected chi connectivity index (χ2v) is 4.19. The van der Waals surface area contributed by atoms with E-state index in [-0.39, 0.29) is 10.6 Å². The number of halogens is 3. The highest BCUT2D eigenvalue weighted by atomic mass is 35.5. The molecular weight excluding hydrogens is 264 g/mol. The van der Waals surface area contributed by atoms with Crippen LogP contribution in [0, 0.1) is 0 Å². The second-order valence-electron chi connectivity index (χ2n) is 3.79. The van der Waals surface area contributed by atoms with Crippen molar-refractivity contribution in [2.75, 3.05) is 0 Å². The number of fused-ring (bicyclic) bond motifs is 1. The number of rotatable bonds is 3. The molecule has 0 unspecified atom stereocenters. The number of pyridine rings is 1. The quantitative estimate of drug-likeness (QED) is 0.933. The fraction of sp³-hybridized carbons (Fsp3) is 0.167. The molecule has 94 valence electrons. The van der Waals surface area contributed by atoms with Crippen LogP contribution in [0.2, 0.25) is 5.02 Å². The Kier molecular flexibility index (Phi) is 3.17. The predicted octanol–water partition coefficient (Wildman–Crippen LogP) is 3.15. The van der Waals surface area contributed by atoms with E-state index in [2.05, 4.69) is 4.98 Å². The van der Waals surface area contributed by atoms with E-state index in [1.54, 1.807) is 18.2 Å². The number of hydrogen-bond acceptors (Lipinski definition) is 2. The first-order valence-corrected chi connectivity index (χ1v) is 5.43. The molecular formula is C12H8ClF2NO2. The Balaban J connectivity index is 2.56. The summed E-state index contributed by atoms with van der Waals surface area (Å²) in [5.74, 6) is -6.04. The maximum Gasteiger partial charge on any atom is 0.374 e. The maximum absolute atomic E-state index is 13.3. The summed E-state index contributed by atoms with van der Waals surface area (Å²) in [6, 6.07) is 6.46. The van der Waals surface area contributed by atoms with Crippen LogP contribution in [-0.4, -0.2) is 22.0 Å². The second kappa shape index (κ2) is 4.49. The van der Waals surface area contributed by atoms with E-state index in [9.17, 15) is 13.6 Å². The van der Waals surface area contributed by atoms with E-state index in [0.717, 1.165) is 0 Å². The lowest BCUT2D eigenvalue weighted by molar-refractivity contribution is -0.164. The van der Waals surface area contributed by atoms with E-state index >= 15 is 0 Å². The van der Waals surface area contributed by atoms with Crippen molar-refractivity contribution in [3.8, 4) is 0 Å². The number of carboxylic acid groups (broad SMARTS) is 1. The summed E-state index contributed by atoms with van der Waals surface area (Å²) in [5.41, 5.74) is 0.341. The van der Waals surface area contributed by atoms with Gasteiger partial charge in [-0.15, -0.1) is 0 Å². The molecule has 1 N–H and O–H groups in total. The van der Waals surface area contributed by atoms with Crippen LogP contribution in [0.5, 0.6) is 0 Å². The predicted molar refractivity (Wildman–Crippen MR) is 63.0 cm³/mol. The monoisotopic (exact) mass is 271 g/mol. The number of carbonyl (C=O) groups is 1. The van der Waals surface area contributed by atoms with Crippen LogP contribution >= 0.6 is 11.6 Å². The number of aromatic nitrogens is 1. The number of hydrogen-bond donors (Lipinski definition) is 1. The highest BCUT2D eigenvalue weighted by Gasteiger charge is 2.40. The fourth-order valence-electron chi connectivity index (χ4n) is 1.65. The van der Waals surface area contributed by atoms with Crippen LogP contribution in [0.3, 0.4) is 0 Å². The molecule has 1 heterocycles. The first kappa shape index (κ1) is 12.7. The topological polar surface area (TPSA) is 50.2 Å². The Bertz CT molecular complexity index is 616. The van der Waals surface area contributed by atoms with E-state index in [4.69, 9.17) is 16.7 Å². The summed E-state index contributed by atoms with van der Waals surface area (Å²) >= 11 is 5.85. The van der Waals surface area contributed by atoms with Crippen molar-refractivity contribution >= 4 is 28.5 Å². The van der Waals surface area contributed by atoms with Crippen LogP contribution in [0.25, 0.3) is 10.9 Å². The third kappa shape index (κ3) is 2.26. The highest BCUT2D eigenvalue weighted by molar-refractivity contribution is 6.32. The van der Waals surface area contributed by atoms with Gasteiger partial charge in [-0.1, -0.05) is 23.7 Å². The Morgan fingerprint density at radius 1 is 1.39 bits per heavy atom. The van der Waals surface area contributed by atoms with Gasteiger partial charge in [0.1, 0.15) is 0 Å². The zero-order chi connectivity index (χ0) is 13.3. The molecule has 1 aromatic heterocycles. The Morgan fingerprint density at radius 3 is 2.78 bits per heavy atom. The summed E-state index contributed by atoms with van der Waals surface area (Å²) in [6.45, 7) is 0. The Labute approximate surface area is 106 Å². The summed E-state index contributed by atoms with van der Waals surface area (Å²) in [7, 11) is 0. The molecule has 6 heteroatoms. The van der Waals surface area contributed by atoms with Crippen molar-refractivity contribution in [1.29, 1.82) is 0 Å². The Hall–Kier alpha value is -1.75. The maximum atomic E-state index is 13.3. The van der Waals surface area contributed by atoms with Crippen molar-refractivity contribution in [1.82, 2.24) is 4.98 Å². The van der Waals surface area contributed by atoms with Gasteiger partial charge in [0.15, 0.2) is 0 Å². The molecule has 0 aliphatic carbocycles. The standard InChI is InChI=1S/C12H8ClF2NO2/c13-9-4-3-7-2-1-5-16-10(7)8(9)6-12(14,15)11(17)18/h1-5H,6H2,(H,17,18). The van der Waals surface area contributed by atoms with Crippen molar-refractivity contribution in [3.63, 3.8) is 0 Å². The van der Waals surface area contributed by atoms with E-state index in [1.165, 1.54) is 12.3 Å². The zero-order valence-corrected chi connectivity index (χ0v) is 9.79. The molecule has 0 aliphatic heterocycles. The lowest BCUT2D eigenvalue weighted by Gasteiger charge is -2.13. The third-order valence-corrected chi connectivity index (χ3v) is 2.89. The lowest BCUT2D eigenvalue weighted by Crippen LogP contribution is -2.30. The summed E-state index contributed by atoms with van der Waals surface area (Å²) in [4.78, 5) is 14.4. The van der Waals surface area contributed by atoms with Gasteiger partial charge in [0, 0.05) is 22.2 Å². The van der Waals surface area contributed by atoms with Gasteiger partial charge in [-0.3, -0.25) is 4.98 Å². The normalized spacial score (nSPS) is 11.7. The molecule has 0 radical (unpaired) electrons. The summed E-state index contributed by atoms with van der Waals surface area (Å²) < 4.78 is 26.5. The summed E-state index contributed by atoms with van der Waals surface area (Å²) in [6.07, 6.45) is 0.469. The molecule has 0 atom stereocenters. The van der Waals surface area contributed by atoms with Gasteiger partial charge in [0.05, 0.1) is 11.9 Å². The van der Waals surface area contributed by atoms with E-state index in [1.807, 2.05) is 0 Å². The van der Waals surface area contributed by atoms with Gasteiger partial charge < -0.3 is 5.11 Å². The molecule has 0 bridgehead atoms. The molecule has 0 spiro atoms. The number of aliphatic carboxylic acids is 1. The smallest absolute Gasteiger partial charge is 0.374 e. The minimum atomic E-state index is -3.87. The van der Waals surface area contributed by atoms with Gasteiger partial charge in [0.25, 0.3) is 0 Å². The van der Waals surface area contributed by atoms with Gasteiger partial charge >= 0.3 is 11.9 Å².